The van der Waals surface area contributed by atoms with Crippen LogP contribution in [-0.2, 0) is 6.42 Å². The molecule has 0 spiro atoms. The summed E-state index contributed by atoms with van der Waals surface area (Å²) in [5, 5.41) is 0. The molecule has 1 saturated heterocycles. The number of para-hydroxylation sites is 2. The fraction of sp³-hybridized carbons (Fsp3) is 0.478. The van der Waals surface area contributed by atoms with Crippen LogP contribution < -0.4 is 14.4 Å². The number of rotatable bonds is 5. The van der Waals surface area contributed by atoms with Crippen molar-refractivity contribution in [1.82, 2.24) is 4.90 Å². The Morgan fingerprint density at radius 2 is 2.04 bits per heavy atom. The largest absolute Gasteiger partial charge is 0.496 e. The van der Waals surface area contributed by atoms with Crippen LogP contribution in [0.1, 0.15) is 29.9 Å². The lowest BCUT2D eigenvalue weighted by Crippen LogP contribution is -2.48. The van der Waals surface area contributed by atoms with Gasteiger partial charge in [0.15, 0.2) is 0 Å². The molecule has 4 nitrogen and oxygen atoms in total. The van der Waals surface area contributed by atoms with Gasteiger partial charge in [0.05, 0.1) is 19.3 Å². The molecule has 0 amide bonds. The molecule has 5 rings (SSSR count). The van der Waals surface area contributed by atoms with Gasteiger partial charge in [-0.3, -0.25) is 0 Å². The highest BCUT2D eigenvalue weighted by Crippen LogP contribution is 2.50. The zero-order valence-corrected chi connectivity index (χ0v) is 16.1. The lowest BCUT2D eigenvalue weighted by atomic mass is 9.89. The van der Waals surface area contributed by atoms with Crippen molar-refractivity contribution in [3.63, 3.8) is 0 Å². The van der Waals surface area contributed by atoms with Gasteiger partial charge in [0.2, 0.25) is 0 Å². The third kappa shape index (κ3) is 2.96. The molecule has 0 saturated carbocycles. The van der Waals surface area contributed by atoms with E-state index in [2.05, 4.69) is 46.2 Å². The van der Waals surface area contributed by atoms with E-state index in [0.717, 1.165) is 37.6 Å². The maximum atomic E-state index is 5.92. The van der Waals surface area contributed by atoms with Crippen LogP contribution in [0.4, 0.5) is 5.69 Å². The number of hydrogen-bond donors (Lipinski definition) is 0. The number of benzene rings is 2. The van der Waals surface area contributed by atoms with Crippen molar-refractivity contribution in [1.29, 1.82) is 0 Å². The lowest BCUT2D eigenvalue weighted by Gasteiger charge is -2.40. The van der Waals surface area contributed by atoms with Gasteiger partial charge >= 0.3 is 0 Å². The van der Waals surface area contributed by atoms with E-state index in [0.29, 0.717) is 12.0 Å². The first kappa shape index (κ1) is 16.9. The highest BCUT2D eigenvalue weighted by molar-refractivity contribution is 5.71. The molecule has 3 heterocycles. The first-order valence-corrected chi connectivity index (χ1v) is 10.2. The van der Waals surface area contributed by atoms with Gasteiger partial charge in [-0.1, -0.05) is 30.3 Å². The number of methoxy groups -OCH3 is 1. The zero-order chi connectivity index (χ0) is 18.2. The molecule has 0 N–H and O–H groups in total. The van der Waals surface area contributed by atoms with Crippen LogP contribution in [0, 0.1) is 0 Å². The Balaban J connectivity index is 1.25. The summed E-state index contributed by atoms with van der Waals surface area (Å²) in [5.74, 6) is 2.74. The Hall–Kier alpha value is -2.20. The Labute approximate surface area is 161 Å². The predicted molar refractivity (Wildman–Crippen MR) is 108 cm³/mol. The predicted octanol–water partition coefficient (Wildman–Crippen LogP) is 3.70. The second-order valence-electron chi connectivity index (χ2n) is 7.91. The number of nitrogens with zero attached hydrogens (tertiary/aromatic N) is 2. The third-order valence-electron chi connectivity index (χ3n) is 6.48. The first-order chi connectivity index (χ1) is 13.3. The molecule has 0 aromatic heterocycles. The van der Waals surface area contributed by atoms with Crippen LogP contribution >= 0.6 is 0 Å². The molecular formula is C23H28N2O2. The summed E-state index contributed by atoms with van der Waals surface area (Å²) >= 11 is 0. The minimum atomic E-state index is 0.627. The summed E-state index contributed by atoms with van der Waals surface area (Å²) in [6, 6.07) is 15.7. The summed E-state index contributed by atoms with van der Waals surface area (Å²) in [5.41, 5.74) is 4.21. The minimum Gasteiger partial charge on any atom is -0.496 e. The smallest absolute Gasteiger partial charge is 0.142 e. The highest BCUT2D eigenvalue weighted by atomic mass is 16.5. The van der Waals surface area contributed by atoms with Gasteiger partial charge in [-0.15, -0.1) is 0 Å². The van der Waals surface area contributed by atoms with Crippen LogP contribution in [0.25, 0.3) is 0 Å². The minimum absolute atomic E-state index is 0.627. The average Bonchev–Trinajstić information content (AvgIpc) is 3.04. The van der Waals surface area contributed by atoms with Crippen molar-refractivity contribution in [2.24, 2.45) is 0 Å². The standard InChI is InChI=1S/C23H28N2O2/c1-26-21-9-3-2-6-17(21)7-5-12-24-13-11-20-19(16-24)18-8-4-10-22-23(18)25(20)14-15-27-22/h2-4,6,8-10,19-20H,5,7,11-16H2,1H3/t19-,20-/m1/s1. The van der Waals surface area contributed by atoms with E-state index in [-0.39, 0.29) is 0 Å². The normalized spacial score (nSPS) is 23.5. The monoisotopic (exact) mass is 364 g/mol. The molecule has 0 radical (unpaired) electrons. The number of aryl methyl sites for hydroxylation is 1. The van der Waals surface area contributed by atoms with Crippen molar-refractivity contribution in [2.45, 2.75) is 31.2 Å². The third-order valence-corrected chi connectivity index (χ3v) is 6.48. The van der Waals surface area contributed by atoms with E-state index in [1.165, 1.54) is 42.7 Å². The second kappa shape index (κ2) is 7.08. The molecule has 0 aliphatic carbocycles. The van der Waals surface area contributed by atoms with E-state index >= 15 is 0 Å². The van der Waals surface area contributed by atoms with E-state index < -0.39 is 0 Å². The number of piperidine rings is 1. The quantitative estimate of drug-likeness (QED) is 0.808. The van der Waals surface area contributed by atoms with Crippen LogP contribution in [-0.4, -0.2) is 50.8 Å². The Kier molecular flexibility index (Phi) is 4.44. The first-order valence-electron chi connectivity index (χ1n) is 10.2. The molecule has 2 atom stereocenters. The maximum Gasteiger partial charge on any atom is 0.142 e. The van der Waals surface area contributed by atoms with Crippen molar-refractivity contribution in [2.75, 3.05) is 44.8 Å². The fourth-order valence-electron chi connectivity index (χ4n) is 5.25. The molecule has 0 unspecified atom stereocenters. The maximum absolute atomic E-state index is 5.92. The van der Waals surface area contributed by atoms with E-state index in [9.17, 15) is 0 Å². The average molecular weight is 364 g/mol. The molecule has 142 valence electrons. The summed E-state index contributed by atoms with van der Waals surface area (Å²) in [4.78, 5) is 5.29. The molecule has 0 bridgehead atoms. The van der Waals surface area contributed by atoms with Crippen molar-refractivity contribution in [3.8, 4) is 11.5 Å². The number of likely N-dealkylation sites (tertiary alicyclic amines) is 1. The van der Waals surface area contributed by atoms with Crippen molar-refractivity contribution >= 4 is 5.69 Å². The number of anilines is 1. The molecule has 4 heteroatoms. The second-order valence-corrected chi connectivity index (χ2v) is 7.91. The SMILES string of the molecule is COc1ccccc1CCCN1CC[C@@H]2[C@H](C1)c1cccc3c1N2CCO3. The van der Waals surface area contributed by atoms with Crippen LogP contribution in [0.2, 0.25) is 0 Å². The highest BCUT2D eigenvalue weighted by Gasteiger charge is 2.44. The van der Waals surface area contributed by atoms with E-state index in [1.54, 1.807) is 7.11 Å². The van der Waals surface area contributed by atoms with Gasteiger partial charge in [-0.2, -0.15) is 0 Å². The Bertz CT molecular complexity index is 822. The van der Waals surface area contributed by atoms with Crippen LogP contribution in [0.5, 0.6) is 11.5 Å². The van der Waals surface area contributed by atoms with Crippen LogP contribution in [0.3, 0.4) is 0 Å². The Morgan fingerprint density at radius 3 is 2.96 bits per heavy atom. The zero-order valence-electron chi connectivity index (χ0n) is 16.1. The molecule has 2 aromatic rings. The summed E-state index contributed by atoms with van der Waals surface area (Å²) in [6.45, 7) is 5.39. The van der Waals surface area contributed by atoms with Gasteiger partial charge in [-0.05, 0) is 49.1 Å². The van der Waals surface area contributed by atoms with Crippen molar-refractivity contribution in [3.05, 3.63) is 53.6 Å². The fourth-order valence-corrected chi connectivity index (χ4v) is 5.25. The topological polar surface area (TPSA) is 24.9 Å². The summed E-state index contributed by atoms with van der Waals surface area (Å²) in [7, 11) is 1.76. The van der Waals surface area contributed by atoms with Gasteiger partial charge in [0.25, 0.3) is 0 Å². The molecule has 3 aliphatic heterocycles. The molecule has 2 aromatic carbocycles. The lowest BCUT2D eigenvalue weighted by molar-refractivity contribution is 0.188. The summed E-state index contributed by atoms with van der Waals surface area (Å²) < 4.78 is 11.4. The summed E-state index contributed by atoms with van der Waals surface area (Å²) in [6.07, 6.45) is 3.51. The van der Waals surface area contributed by atoms with E-state index in [4.69, 9.17) is 9.47 Å². The number of hydrogen-bond acceptors (Lipinski definition) is 4. The number of ether oxygens (including phenoxy) is 2. The molecule has 3 aliphatic rings. The van der Waals surface area contributed by atoms with Crippen molar-refractivity contribution < 1.29 is 9.47 Å². The molecule has 27 heavy (non-hydrogen) atoms. The van der Waals surface area contributed by atoms with E-state index in [1.807, 2.05) is 6.07 Å². The number of fused-ring (bicyclic) bond motifs is 3. The molecule has 1 fully saturated rings. The molecular weight excluding hydrogens is 336 g/mol. The van der Waals surface area contributed by atoms with Gasteiger partial charge in [-0.25, -0.2) is 0 Å². The van der Waals surface area contributed by atoms with Gasteiger partial charge in [0, 0.05) is 25.0 Å². The van der Waals surface area contributed by atoms with Gasteiger partial charge < -0.3 is 19.3 Å². The Morgan fingerprint density at radius 1 is 1.11 bits per heavy atom. The van der Waals surface area contributed by atoms with Crippen LogP contribution in [0.15, 0.2) is 42.5 Å². The van der Waals surface area contributed by atoms with Gasteiger partial charge in [0.1, 0.15) is 18.1 Å².